The van der Waals surface area contributed by atoms with E-state index in [4.69, 9.17) is 0 Å². The second kappa shape index (κ2) is 7.06. The van der Waals surface area contributed by atoms with Gasteiger partial charge in [0.15, 0.2) is 0 Å². The van der Waals surface area contributed by atoms with Crippen molar-refractivity contribution in [2.75, 3.05) is 5.32 Å². The summed E-state index contributed by atoms with van der Waals surface area (Å²) < 4.78 is 0. The molecule has 0 radical (unpaired) electrons. The lowest BCUT2D eigenvalue weighted by atomic mass is 9.99. The molecule has 3 N–H and O–H groups in total. The quantitative estimate of drug-likeness (QED) is 0.740. The minimum atomic E-state index is -0.720. The van der Waals surface area contributed by atoms with E-state index in [1.807, 2.05) is 25.4 Å². The molecular formula is C18H24N4O. The van der Waals surface area contributed by atoms with Crippen LogP contribution < -0.4 is 10.6 Å². The van der Waals surface area contributed by atoms with Gasteiger partial charge < -0.3 is 10.4 Å². The predicted molar refractivity (Wildman–Crippen MR) is 90.9 cm³/mol. The summed E-state index contributed by atoms with van der Waals surface area (Å²) >= 11 is 0. The molecule has 23 heavy (non-hydrogen) atoms. The van der Waals surface area contributed by atoms with E-state index in [-0.39, 0.29) is 6.17 Å². The van der Waals surface area contributed by atoms with E-state index in [0.29, 0.717) is 0 Å². The molecule has 2 unspecified atom stereocenters. The van der Waals surface area contributed by atoms with E-state index in [2.05, 4.69) is 33.6 Å². The summed E-state index contributed by atoms with van der Waals surface area (Å²) in [5, 5.41) is 17.2. The van der Waals surface area contributed by atoms with Crippen LogP contribution in [0.1, 0.15) is 60.8 Å². The zero-order chi connectivity index (χ0) is 16.2. The van der Waals surface area contributed by atoms with Crippen LogP contribution in [0.3, 0.4) is 0 Å². The zero-order valence-electron chi connectivity index (χ0n) is 13.7. The molecule has 0 bridgehead atoms. The SMILES string of the molecule is CCCCCc1ccnc2c1C(O)NC(c1cncc(C)c1)N2. The molecule has 1 aliphatic heterocycles. The van der Waals surface area contributed by atoms with E-state index in [1.54, 1.807) is 6.20 Å². The van der Waals surface area contributed by atoms with Crippen LogP contribution in [0.15, 0.2) is 30.7 Å². The second-order valence-electron chi connectivity index (χ2n) is 6.13. The summed E-state index contributed by atoms with van der Waals surface area (Å²) in [7, 11) is 0. The van der Waals surface area contributed by atoms with Crippen molar-refractivity contribution >= 4 is 5.82 Å². The molecule has 0 fully saturated rings. The van der Waals surface area contributed by atoms with E-state index in [0.717, 1.165) is 40.9 Å². The van der Waals surface area contributed by atoms with E-state index in [9.17, 15) is 5.11 Å². The number of nitrogens with one attached hydrogen (secondary N) is 2. The predicted octanol–water partition coefficient (Wildman–Crippen LogP) is 3.22. The number of aryl methyl sites for hydroxylation is 2. The van der Waals surface area contributed by atoms with Gasteiger partial charge in [-0.2, -0.15) is 0 Å². The number of fused-ring (bicyclic) bond motifs is 1. The number of anilines is 1. The Hall–Kier alpha value is -1.98. The molecule has 2 aromatic heterocycles. The fourth-order valence-electron chi connectivity index (χ4n) is 3.05. The third-order valence-electron chi connectivity index (χ3n) is 4.24. The highest BCUT2D eigenvalue weighted by Crippen LogP contribution is 2.33. The summed E-state index contributed by atoms with van der Waals surface area (Å²) in [5.74, 6) is 0.761. The second-order valence-corrected chi connectivity index (χ2v) is 6.13. The van der Waals surface area contributed by atoms with Gasteiger partial charge in [-0.1, -0.05) is 19.8 Å². The van der Waals surface area contributed by atoms with Crippen LogP contribution in [0.25, 0.3) is 0 Å². The van der Waals surface area contributed by atoms with Gasteiger partial charge in [0, 0.05) is 29.7 Å². The smallest absolute Gasteiger partial charge is 0.136 e. The van der Waals surface area contributed by atoms with Gasteiger partial charge in [0.1, 0.15) is 18.2 Å². The largest absolute Gasteiger partial charge is 0.374 e. The Kier molecular flexibility index (Phi) is 4.88. The average Bonchev–Trinajstić information content (AvgIpc) is 2.55. The topological polar surface area (TPSA) is 70.1 Å². The third kappa shape index (κ3) is 3.51. The number of aromatic nitrogens is 2. The molecule has 0 aromatic carbocycles. The third-order valence-corrected chi connectivity index (χ3v) is 4.24. The Morgan fingerprint density at radius 3 is 2.91 bits per heavy atom. The fraction of sp³-hybridized carbons (Fsp3) is 0.444. The fourth-order valence-corrected chi connectivity index (χ4v) is 3.05. The first-order valence-electron chi connectivity index (χ1n) is 8.29. The Bertz CT molecular complexity index is 674. The van der Waals surface area contributed by atoms with Crippen LogP contribution in [-0.2, 0) is 6.42 Å². The molecular weight excluding hydrogens is 288 g/mol. The summed E-state index contributed by atoms with van der Waals surface area (Å²) in [4.78, 5) is 8.65. The highest BCUT2D eigenvalue weighted by Gasteiger charge is 2.28. The first-order valence-corrected chi connectivity index (χ1v) is 8.29. The minimum absolute atomic E-state index is 0.191. The molecule has 122 valence electrons. The van der Waals surface area contributed by atoms with Crippen molar-refractivity contribution in [1.82, 2.24) is 15.3 Å². The molecule has 1 aliphatic rings. The molecule has 5 nitrogen and oxygen atoms in total. The van der Waals surface area contributed by atoms with Crippen LogP contribution in [0.5, 0.6) is 0 Å². The van der Waals surface area contributed by atoms with Crippen molar-refractivity contribution in [3.63, 3.8) is 0 Å². The van der Waals surface area contributed by atoms with Gasteiger partial charge in [-0.3, -0.25) is 10.3 Å². The Balaban J connectivity index is 1.84. The van der Waals surface area contributed by atoms with Crippen LogP contribution in [0.4, 0.5) is 5.82 Å². The van der Waals surface area contributed by atoms with Gasteiger partial charge in [-0.05, 0) is 43.0 Å². The lowest BCUT2D eigenvalue weighted by Crippen LogP contribution is -2.37. The number of aliphatic hydroxyl groups excluding tert-OH is 1. The molecule has 2 atom stereocenters. The molecule has 3 rings (SSSR count). The van der Waals surface area contributed by atoms with Crippen molar-refractivity contribution < 1.29 is 5.11 Å². The van der Waals surface area contributed by atoms with Crippen LogP contribution in [0.2, 0.25) is 0 Å². The summed E-state index contributed by atoms with van der Waals surface area (Å²) in [5.41, 5.74) is 4.12. The lowest BCUT2D eigenvalue weighted by Gasteiger charge is -2.32. The van der Waals surface area contributed by atoms with Gasteiger partial charge in [-0.15, -0.1) is 0 Å². The lowest BCUT2D eigenvalue weighted by molar-refractivity contribution is 0.120. The number of rotatable bonds is 5. The summed E-state index contributed by atoms with van der Waals surface area (Å²) in [6.45, 7) is 4.20. The molecule has 2 aromatic rings. The standard InChI is InChI=1S/C18H24N4O/c1-3-4-5-6-13-7-8-20-17-15(13)18(23)22-16(21-17)14-9-12(2)10-19-11-14/h7-11,16,18,22-23H,3-6H2,1-2H3,(H,20,21). The normalized spacial score (nSPS) is 20.0. The highest BCUT2D eigenvalue weighted by atomic mass is 16.3. The van der Waals surface area contributed by atoms with Gasteiger partial charge >= 0.3 is 0 Å². The molecule has 0 amide bonds. The van der Waals surface area contributed by atoms with Crippen LogP contribution in [0, 0.1) is 6.92 Å². The van der Waals surface area contributed by atoms with Gasteiger partial charge in [0.2, 0.25) is 0 Å². The zero-order valence-corrected chi connectivity index (χ0v) is 13.7. The maximum atomic E-state index is 10.6. The van der Waals surface area contributed by atoms with Crippen molar-refractivity contribution in [2.24, 2.45) is 0 Å². The number of pyridine rings is 2. The molecule has 0 saturated heterocycles. The highest BCUT2D eigenvalue weighted by molar-refractivity contribution is 5.53. The average molecular weight is 312 g/mol. The monoisotopic (exact) mass is 312 g/mol. The van der Waals surface area contributed by atoms with E-state index in [1.165, 1.54) is 12.8 Å². The van der Waals surface area contributed by atoms with Gasteiger partial charge in [0.25, 0.3) is 0 Å². The molecule has 0 saturated carbocycles. The Morgan fingerprint density at radius 1 is 1.26 bits per heavy atom. The first kappa shape index (κ1) is 15.9. The minimum Gasteiger partial charge on any atom is -0.374 e. The van der Waals surface area contributed by atoms with Crippen LogP contribution >= 0.6 is 0 Å². The number of nitrogens with zero attached hydrogens (tertiary/aromatic N) is 2. The number of unbranched alkanes of at least 4 members (excludes halogenated alkanes) is 2. The molecule has 0 spiro atoms. The molecule has 3 heterocycles. The van der Waals surface area contributed by atoms with Crippen LogP contribution in [-0.4, -0.2) is 15.1 Å². The van der Waals surface area contributed by atoms with Gasteiger partial charge in [-0.25, -0.2) is 4.98 Å². The van der Waals surface area contributed by atoms with Crippen molar-refractivity contribution in [1.29, 1.82) is 0 Å². The first-order chi connectivity index (χ1) is 11.2. The van der Waals surface area contributed by atoms with E-state index < -0.39 is 6.23 Å². The number of hydrogen-bond acceptors (Lipinski definition) is 5. The maximum Gasteiger partial charge on any atom is 0.136 e. The molecule has 0 aliphatic carbocycles. The summed E-state index contributed by atoms with van der Waals surface area (Å²) in [6, 6.07) is 4.07. The molecule has 5 heteroatoms. The van der Waals surface area contributed by atoms with E-state index >= 15 is 0 Å². The van der Waals surface area contributed by atoms with Crippen molar-refractivity contribution in [3.8, 4) is 0 Å². The summed E-state index contributed by atoms with van der Waals surface area (Å²) in [6.07, 6.45) is 9.02. The van der Waals surface area contributed by atoms with Gasteiger partial charge in [0.05, 0.1) is 0 Å². The number of aliphatic hydroxyl groups is 1. The maximum absolute atomic E-state index is 10.6. The Morgan fingerprint density at radius 2 is 2.13 bits per heavy atom. The van der Waals surface area contributed by atoms with Crippen molar-refractivity contribution in [3.05, 3.63) is 53.0 Å². The Labute approximate surface area is 137 Å². The number of hydrogen-bond donors (Lipinski definition) is 3. The van der Waals surface area contributed by atoms with Crippen molar-refractivity contribution in [2.45, 2.75) is 51.9 Å².